The van der Waals surface area contributed by atoms with Gasteiger partial charge in [0, 0.05) is 31.5 Å². The second-order valence-electron chi connectivity index (χ2n) is 9.03. The summed E-state index contributed by atoms with van der Waals surface area (Å²) in [6.45, 7) is 4.89. The first-order valence-electron chi connectivity index (χ1n) is 11.5. The fourth-order valence-corrected chi connectivity index (χ4v) is 4.64. The molecule has 2 aromatic carbocycles. The molecule has 1 aromatic heterocycles. The monoisotopic (exact) mass is 442 g/mol. The molecule has 1 aliphatic rings. The molecule has 3 aromatic rings. The summed E-state index contributed by atoms with van der Waals surface area (Å²) in [6, 6.07) is 18.5. The predicted molar refractivity (Wildman–Crippen MR) is 128 cm³/mol. The number of benzene rings is 2. The molecule has 4 rings (SSSR count). The summed E-state index contributed by atoms with van der Waals surface area (Å²) in [5, 5.41) is 3.13. The number of nitrogens with one attached hydrogen (secondary N) is 1. The smallest absolute Gasteiger partial charge is 0.274 e. The van der Waals surface area contributed by atoms with Gasteiger partial charge < -0.3 is 10.2 Å². The number of piperidine rings is 1. The van der Waals surface area contributed by atoms with E-state index in [1.165, 1.54) is 12.4 Å². The molecule has 0 saturated carbocycles. The summed E-state index contributed by atoms with van der Waals surface area (Å²) in [6.07, 6.45) is 6.59. The maximum atomic E-state index is 13.6. The van der Waals surface area contributed by atoms with Crippen molar-refractivity contribution in [1.82, 2.24) is 20.2 Å². The second-order valence-corrected chi connectivity index (χ2v) is 9.03. The highest BCUT2D eigenvalue weighted by Gasteiger charge is 2.44. The number of aromatic nitrogens is 2. The lowest BCUT2D eigenvalue weighted by atomic mass is 9.73. The van der Waals surface area contributed by atoms with Gasteiger partial charge in [-0.1, -0.05) is 54.6 Å². The summed E-state index contributed by atoms with van der Waals surface area (Å²) >= 11 is 0. The first kappa shape index (κ1) is 22.6. The Labute approximate surface area is 195 Å². The maximum Gasteiger partial charge on any atom is 0.274 e. The molecule has 1 saturated heterocycles. The Balaban J connectivity index is 1.69. The fourth-order valence-electron chi connectivity index (χ4n) is 4.64. The molecule has 0 spiro atoms. The molecule has 170 valence electrons. The van der Waals surface area contributed by atoms with Crippen LogP contribution in [0.1, 0.15) is 42.7 Å². The molecule has 0 aliphatic carbocycles. The number of hydrogen-bond acceptors (Lipinski definition) is 4. The normalized spacial score (nSPS) is 18.2. The largest absolute Gasteiger partial charge is 0.353 e. The van der Waals surface area contributed by atoms with Crippen molar-refractivity contribution in [3.05, 3.63) is 84.4 Å². The van der Waals surface area contributed by atoms with Crippen molar-refractivity contribution in [3.63, 3.8) is 0 Å². The third-order valence-electron chi connectivity index (χ3n) is 6.18. The third kappa shape index (κ3) is 5.11. The van der Waals surface area contributed by atoms with Gasteiger partial charge in [0.05, 0.1) is 11.6 Å². The van der Waals surface area contributed by atoms with Gasteiger partial charge in [0.2, 0.25) is 5.91 Å². The molecule has 1 atom stereocenters. The highest BCUT2D eigenvalue weighted by molar-refractivity contribution is 5.93. The Kier molecular flexibility index (Phi) is 6.82. The topological polar surface area (TPSA) is 75.2 Å². The third-order valence-corrected chi connectivity index (χ3v) is 6.18. The van der Waals surface area contributed by atoms with Gasteiger partial charge in [-0.25, -0.2) is 4.98 Å². The van der Waals surface area contributed by atoms with Crippen LogP contribution < -0.4 is 5.32 Å². The van der Waals surface area contributed by atoms with Crippen molar-refractivity contribution < 1.29 is 9.59 Å². The number of amides is 2. The first-order valence-corrected chi connectivity index (χ1v) is 11.5. The van der Waals surface area contributed by atoms with E-state index >= 15 is 0 Å². The quantitative estimate of drug-likeness (QED) is 0.623. The van der Waals surface area contributed by atoms with Gasteiger partial charge in [-0.3, -0.25) is 14.6 Å². The summed E-state index contributed by atoms with van der Waals surface area (Å²) in [5.74, 6) is -0.183. The van der Waals surface area contributed by atoms with E-state index in [0.717, 1.165) is 29.5 Å². The van der Waals surface area contributed by atoms with Gasteiger partial charge in [0.25, 0.3) is 5.91 Å². The molecule has 1 aliphatic heterocycles. The number of likely N-dealkylation sites (tertiary alicyclic amines) is 1. The minimum absolute atomic E-state index is 0.00277. The van der Waals surface area contributed by atoms with Crippen LogP contribution in [-0.4, -0.2) is 45.8 Å². The molecular weight excluding hydrogens is 412 g/mol. The second kappa shape index (κ2) is 9.94. The van der Waals surface area contributed by atoms with Crippen molar-refractivity contribution >= 4 is 11.8 Å². The molecule has 0 radical (unpaired) electrons. The van der Waals surface area contributed by atoms with E-state index in [1.807, 2.05) is 44.2 Å². The molecule has 2 heterocycles. The number of rotatable bonds is 6. The zero-order chi connectivity index (χ0) is 23.3. The minimum atomic E-state index is -0.717. The van der Waals surface area contributed by atoms with Crippen molar-refractivity contribution in [3.8, 4) is 11.1 Å². The van der Waals surface area contributed by atoms with Crippen LogP contribution in [0.3, 0.4) is 0 Å². The van der Waals surface area contributed by atoms with Crippen LogP contribution in [0.4, 0.5) is 0 Å². The standard InChI is InChI=1S/C27H30N4O2/c1-20(2)30-26(33)27(13-8-16-31(19-27)25(32)24-18-28-14-15-29-24)17-22-11-6-7-12-23(22)21-9-4-3-5-10-21/h3-7,9-12,14-15,18,20H,8,13,16-17,19H2,1-2H3,(H,30,33)/t27-/m1/s1. The molecule has 2 amide bonds. The lowest BCUT2D eigenvalue weighted by molar-refractivity contribution is -0.134. The molecule has 0 unspecified atom stereocenters. The summed E-state index contributed by atoms with van der Waals surface area (Å²) in [7, 11) is 0. The molecule has 1 N–H and O–H groups in total. The average molecular weight is 443 g/mol. The molecule has 6 heteroatoms. The number of carbonyl (C=O) groups is 2. The van der Waals surface area contributed by atoms with Gasteiger partial charge in [-0.05, 0) is 49.8 Å². The van der Waals surface area contributed by atoms with Crippen LogP contribution in [0.2, 0.25) is 0 Å². The molecule has 0 bridgehead atoms. The van der Waals surface area contributed by atoms with E-state index < -0.39 is 5.41 Å². The van der Waals surface area contributed by atoms with E-state index in [2.05, 4.69) is 39.6 Å². The van der Waals surface area contributed by atoms with Crippen LogP contribution in [0.25, 0.3) is 11.1 Å². The van der Waals surface area contributed by atoms with E-state index in [0.29, 0.717) is 25.2 Å². The highest BCUT2D eigenvalue weighted by Crippen LogP contribution is 2.37. The minimum Gasteiger partial charge on any atom is -0.353 e. The number of hydrogen-bond donors (Lipinski definition) is 1. The highest BCUT2D eigenvalue weighted by atomic mass is 16.2. The summed E-state index contributed by atoms with van der Waals surface area (Å²) < 4.78 is 0. The SMILES string of the molecule is CC(C)NC(=O)[C@@]1(Cc2ccccc2-c2ccccc2)CCCN(C(=O)c2cnccn2)C1. The van der Waals surface area contributed by atoms with E-state index in [4.69, 9.17) is 0 Å². The van der Waals surface area contributed by atoms with Crippen LogP contribution in [-0.2, 0) is 11.2 Å². The van der Waals surface area contributed by atoms with Gasteiger partial charge in [-0.2, -0.15) is 0 Å². The van der Waals surface area contributed by atoms with Crippen molar-refractivity contribution in [2.45, 2.75) is 39.2 Å². The molecule has 33 heavy (non-hydrogen) atoms. The van der Waals surface area contributed by atoms with E-state index in [-0.39, 0.29) is 17.9 Å². The summed E-state index contributed by atoms with van der Waals surface area (Å²) in [4.78, 5) is 36.8. The molecule has 1 fully saturated rings. The lowest BCUT2D eigenvalue weighted by Gasteiger charge is -2.42. The van der Waals surface area contributed by atoms with Crippen LogP contribution in [0, 0.1) is 5.41 Å². The zero-order valence-corrected chi connectivity index (χ0v) is 19.2. The zero-order valence-electron chi connectivity index (χ0n) is 19.2. The van der Waals surface area contributed by atoms with Crippen molar-refractivity contribution in [1.29, 1.82) is 0 Å². The lowest BCUT2D eigenvalue weighted by Crippen LogP contribution is -2.55. The van der Waals surface area contributed by atoms with Gasteiger partial charge >= 0.3 is 0 Å². The van der Waals surface area contributed by atoms with Crippen molar-refractivity contribution in [2.24, 2.45) is 5.41 Å². The molecular formula is C27H30N4O2. The number of nitrogens with zero attached hydrogens (tertiary/aromatic N) is 3. The fraction of sp³-hybridized carbons (Fsp3) is 0.333. The first-order chi connectivity index (χ1) is 16.0. The maximum absolute atomic E-state index is 13.6. The Morgan fingerprint density at radius 1 is 1.06 bits per heavy atom. The Morgan fingerprint density at radius 3 is 2.55 bits per heavy atom. The Morgan fingerprint density at radius 2 is 1.82 bits per heavy atom. The predicted octanol–water partition coefficient (Wildman–Crippen LogP) is 4.13. The van der Waals surface area contributed by atoms with Crippen molar-refractivity contribution in [2.75, 3.05) is 13.1 Å². The Bertz CT molecular complexity index is 1100. The van der Waals surface area contributed by atoms with Crippen LogP contribution in [0.5, 0.6) is 0 Å². The van der Waals surface area contributed by atoms with Crippen LogP contribution in [0.15, 0.2) is 73.2 Å². The van der Waals surface area contributed by atoms with Gasteiger partial charge in [0.1, 0.15) is 5.69 Å². The van der Waals surface area contributed by atoms with Gasteiger partial charge in [-0.15, -0.1) is 0 Å². The molecule has 6 nitrogen and oxygen atoms in total. The summed E-state index contributed by atoms with van der Waals surface area (Å²) in [5.41, 5.74) is 2.94. The van der Waals surface area contributed by atoms with Gasteiger partial charge in [0.15, 0.2) is 0 Å². The number of carbonyl (C=O) groups excluding carboxylic acids is 2. The Hall–Kier alpha value is -3.54. The van der Waals surface area contributed by atoms with E-state index in [1.54, 1.807) is 11.1 Å². The van der Waals surface area contributed by atoms with E-state index in [9.17, 15) is 9.59 Å². The van der Waals surface area contributed by atoms with Crippen LogP contribution >= 0.6 is 0 Å². The average Bonchev–Trinajstić information content (AvgIpc) is 2.85.